The Morgan fingerprint density at radius 3 is 2.57 bits per heavy atom. The molecule has 0 bridgehead atoms. The summed E-state index contributed by atoms with van der Waals surface area (Å²) < 4.78 is 0. The van der Waals surface area contributed by atoms with E-state index in [1.54, 1.807) is 6.20 Å². The largest absolute Gasteiger partial charge is 0.354 e. The van der Waals surface area contributed by atoms with Crippen LogP contribution in [0.4, 0.5) is 11.8 Å². The van der Waals surface area contributed by atoms with Crippen molar-refractivity contribution in [1.29, 1.82) is 0 Å². The normalized spacial score (nSPS) is 15.4. The van der Waals surface area contributed by atoms with E-state index in [4.69, 9.17) is 0 Å². The van der Waals surface area contributed by atoms with Gasteiger partial charge in [0.2, 0.25) is 5.95 Å². The first-order chi connectivity index (χ1) is 10.9. The molecule has 0 saturated carbocycles. The third-order valence-electron chi connectivity index (χ3n) is 4.04. The van der Waals surface area contributed by atoms with Crippen molar-refractivity contribution in [3.63, 3.8) is 0 Å². The van der Waals surface area contributed by atoms with Gasteiger partial charge in [-0.25, -0.2) is 9.97 Å². The number of hydrogen-bond donors (Lipinski definition) is 1. The van der Waals surface area contributed by atoms with E-state index in [9.17, 15) is 0 Å². The van der Waals surface area contributed by atoms with Crippen molar-refractivity contribution in [3.05, 3.63) is 35.8 Å². The number of rotatable bonds is 4. The van der Waals surface area contributed by atoms with E-state index in [1.165, 1.54) is 0 Å². The van der Waals surface area contributed by atoms with Gasteiger partial charge in [-0.05, 0) is 25.1 Å². The van der Waals surface area contributed by atoms with Gasteiger partial charge in [-0.1, -0.05) is 20.8 Å². The summed E-state index contributed by atoms with van der Waals surface area (Å²) in [6.07, 6.45) is 1.78. The first-order valence-electron chi connectivity index (χ1n) is 8.04. The van der Waals surface area contributed by atoms with Crippen molar-refractivity contribution in [2.75, 3.05) is 29.9 Å². The minimum atomic E-state index is 0.0424. The van der Waals surface area contributed by atoms with Gasteiger partial charge < -0.3 is 10.2 Å². The second-order valence-electron chi connectivity index (χ2n) is 7.20. The summed E-state index contributed by atoms with van der Waals surface area (Å²) in [7, 11) is 0. The number of hydrogen-bond acceptors (Lipinski definition) is 6. The summed E-state index contributed by atoms with van der Waals surface area (Å²) in [5, 5.41) is 12.0. The smallest absolute Gasteiger partial charge is 0.222 e. The van der Waals surface area contributed by atoms with Crippen LogP contribution in [0, 0.1) is 12.8 Å². The average molecular weight is 312 g/mol. The van der Waals surface area contributed by atoms with Crippen LogP contribution in [0.25, 0.3) is 0 Å². The minimum Gasteiger partial charge on any atom is -0.354 e. The maximum absolute atomic E-state index is 4.36. The molecule has 3 rings (SSSR count). The maximum Gasteiger partial charge on any atom is 0.222 e. The van der Waals surface area contributed by atoms with Crippen molar-refractivity contribution in [3.8, 4) is 0 Å². The SMILES string of the molecule is Cc1ccnc(NCC2CN(c3ccc(C(C)(C)C)nn3)C2)n1. The maximum atomic E-state index is 4.36. The highest BCUT2D eigenvalue weighted by atomic mass is 15.3. The molecule has 122 valence electrons. The molecule has 1 fully saturated rings. The van der Waals surface area contributed by atoms with Crippen molar-refractivity contribution >= 4 is 11.8 Å². The molecule has 0 spiro atoms. The van der Waals surface area contributed by atoms with Gasteiger partial charge in [-0.3, -0.25) is 0 Å². The van der Waals surface area contributed by atoms with E-state index in [0.29, 0.717) is 11.9 Å². The van der Waals surface area contributed by atoms with E-state index >= 15 is 0 Å². The van der Waals surface area contributed by atoms with Crippen LogP contribution in [-0.2, 0) is 5.41 Å². The van der Waals surface area contributed by atoms with Gasteiger partial charge in [0.1, 0.15) is 0 Å². The predicted molar refractivity (Wildman–Crippen MR) is 91.7 cm³/mol. The Hall–Kier alpha value is -2.24. The molecule has 1 aliphatic rings. The average Bonchev–Trinajstić information content (AvgIpc) is 2.45. The number of aromatic nitrogens is 4. The Morgan fingerprint density at radius 2 is 1.96 bits per heavy atom. The van der Waals surface area contributed by atoms with Crippen LogP contribution in [0.15, 0.2) is 24.4 Å². The van der Waals surface area contributed by atoms with Gasteiger partial charge in [0.15, 0.2) is 5.82 Å². The fraction of sp³-hybridized carbons (Fsp3) is 0.529. The molecule has 3 heterocycles. The number of anilines is 2. The molecule has 0 unspecified atom stereocenters. The Labute approximate surface area is 137 Å². The van der Waals surface area contributed by atoms with Crippen LogP contribution < -0.4 is 10.2 Å². The van der Waals surface area contributed by atoms with Crippen LogP contribution in [0.2, 0.25) is 0 Å². The van der Waals surface area contributed by atoms with E-state index in [0.717, 1.165) is 36.8 Å². The molecule has 1 N–H and O–H groups in total. The molecule has 0 aliphatic carbocycles. The van der Waals surface area contributed by atoms with Gasteiger partial charge in [0.05, 0.1) is 5.69 Å². The predicted octanol–water partition coefficient (Wildman–Crippen LogP) is 2.42. The van der Waals surface area contributed by atoms with Crippen LogP contribution >= 0.6 is 0 Å². The third-order valence-corrected chi connectivity index (χ3v) is 4.04. The third kappa shape index (κ3) is 3.75. The number of nitrogens with zero attached hydrogens (tertiary/aromatic N) is 5. The second kappa shape index (κ2) is 6.10. The lowest BCUT2D eigenvalue weighted by Crippen LogP contribution is -2.50. The van der Waals surface area contributed by atoms with Crippen molar-refractivity contribution in [1.82, 2.24) is 20.2 Å². The molecule has 2 aromatic rings. The van der Waals surface area contributed by atoms with Crippen LogP contribution in [-0.4, -0.2) is 39.8 Å². The van der Waals surface area contributed by atoms with Gasteiger partial charge >= 0.3 is 0 Å². The molecule has 23 heavy (non-hydrogen) atoms. The summed E-state index contributed by atoms with van der Waals surface area (Å²) in [6, 6.07) is 6.05. The van der Waals surface area contributed by atoms with E-state index in [-0.39, 0.29) is 5.41 Å². The standard InChI is InChI=1S/C17H24N6/c1-12-7-8-18-16(20-12)19-9-13-10-23(11-13)15-6-5-14(21-22-15)17(2,3)4/h5-8,13H,9-11H2,1-4H3,(H,18,19,20). The highest BCUT2D eigenvalue weighted by molar-refractivity contribution is 5.41. The molecule has 2 aromatic heterocycles. The van der Waals surface area contributed by atoms with Crippen LogP contribution in [0.1, 0.15) is 32.2 Å². The van der Waals surface area contributed by atoms with E-state index in [1.807, 2.05) is 13.0 Å². The first-order valence-corrected chi connectivity index (χ1v) is 8.04. The zero-order valence-corrected chi connectivity index (χ0v) is 14.2. The molecule has 6 nitrogen and oxygen atoms in total. The van der Waals surface area contributed by atoms with Crippen molar-refractivity contribution < 1.29 is 0 Å². The fourth-order valence-electron chi connectivity index (χ4n) is 2.55. The number of nitrogens with one attached hydrogen (secondary N) is 1. The van der Waals surface area contributed by atoms with Gasteiger partial charge in [-0.2, -0.15) is 5.10 Å². The van der Waals surface area contributed by atoms with Gasteiger partial charge in [0, 0.05) is 42.9 Å². The monoisotopic (exact) mass is 312 g/mol. The van der Waals surface area contributed by atoms with Gasteiger partial charge in [0.25, 0.3) is 0 Å². The second-order valence-corrected chi connectivity index (χ2v) is 7.20. The highest BCUT2D eigenvalue weighted by Gasteiger charge is 2.28. The van der Waals surface area contributed by atoms with E-state index < -0.39 is 0 Å². The topological polar surface area (TPSA) is 66.8 Å². The lowest BCUT2D eigenvalue weighted by atomic mass is 9.92. The Kier molecular flexibility index (Phi) is 4.15. The lowest BCUT2D eigenvalue weighted by Gasteiger charge is -2.40. The van der Waals surface area contributed by atoms with Crippen molar-refractivity contribution in [2.24, 2.45) is 5.92 Å². The zero-order valence-electron chi connectivity index (χ0n) is 14.2. The molecule has 1 aliphatic heterocycles. The molecule has 1 saturated heterocycles. The Balaban J connectivity index is 1.49. The molecule has 6 heteroatoms. The number of aryl methyl sites for hydroxylation is 1. The quantitative estimate of drug-likeness (QED) is 0.935. The lowest BCUT2D eigenvalue weighted by molar-refractivity contribution is 0.423. The summed E-state index contributed by atoms with van der Waals surface area (Å²) in [6.45, 7) is 11.3. The van der Waals surface area contributed by atoms with Gasteiger partial charge in [-0.15, -0.1) is 5.10 Å². The molecule has 0 atom stereocenters. The van der Waals surface area contributed by atoms with Crippen LogP contribution in [0.3, 0.4) is 0 Å². The zero-order chi connectivity index (χ0) is 16.4. The van der Waals surface area contributed by atoms with E-state index in [2.05, 4.69) is 63.3 Å². The highest BCUT2D eigenvalue weighted by Crippen LogP contribution is 2.25. The molecule has 0 amide bonds. The van der Waals surface area contributed by atoms with Crippen LogP contribution in [0.5, 0.6) is 0 Å². The molecule has 0 aromatic carbocycles. The summed E-state index contributed by atoms with van der Waals surface area (Å²) in [5.41, 5.74) is 2.05. The Morgan fingerprint density at radius 1 is 1.17 bits per heavy atom. The first kappa shape index (κ1) is 15.6. The summed E-state index contributed by atoms with van der Waals surface area (Å²) in [5.74, 6) is 2.25. The molecule has 0 radical (unpaired) electrons. The van der Waals surface area contributed by atoms with Crippen molar-refractivity contribution in [2.45, 2.75) is 33.1 Å². The fourth-order valence-corrected chi connectivity index (χ4v) is 2.55. The Bertz CT molecular complexity index is 656. The molecular formula is C17H24N6. The summed E-state index contributed by atoms with van der Waals surface area (Å²) in [4.78, 5) is 10.8. The summed E-state index contributed by atoms with van der Waals surface area (Å²) >= 11 is 0. The minimum absolute atomic E-state index is 0.0424. The molecular weight excluding hydrogens is 288 g/mol.